The monoisotopic (exact) mass is 361 g/mol. The van der Waals surface area contributed by atoms with Crippen LogP contribution in [0.2, 0.25) is 0 Å². The molecular formula is C19H19N7O. The third-order valence-corrected chi connectivity index (χ3v) is 4.34. The smallest absolute Gasteiger partial charge is 0.221 e. The van der Waals surface area contributed by atoms with Gasteiger partial charge in [0.05, 0.1) is 11.9 Å². The molecule has 3 aromatic rings. The van der Waals surface area contributed by atoms with Gasteiger partial charge < -0.3 is 16.0 Å². The number of hydrogen-bond acceptors (Lipinski definition) is 6. The first-order chi connectivity index (χ1) is 13.0. The number of amides is 1. The van der Waals surface area contributed by atoms with E-state index in [4.69, 9.17) is 0 Å². The molecule has 1 aromatic carbocycles. The van der Waals surface area contributed by atoms with Crippen molar-refractivity contribution in [3.8, 4) is 6.07 Å². The average Bonchev–Trinajstić information content (AvgIpc) is 3.34. The molecule has 0 atom stereocenters. The normalized spacial score (nSPS) is 13.2. The summed E-state index contributed by atoms with van der Waals surface area (Å²) in [6.07, 6.45) is 3.77. The topological polar surface area (TPSA) is 107 Å². The second-order valence-electron chi connectivity index (χ2n) is 6.69. The fraction of sp³-hybridized carbons (Fsp3) is 0.263. The Hall–Kier alpha value is -3.60. The minimum Gasteiger partial charge on any atom is -0.379 e. The number of carbonyl (C=O) groups excluding carboxylic acids is 1. The molecule has 0 saturated heterocycles. The maximum Gasteiger partial charge on any atom is 0.221 e. The number of hydrogen-bond donors (Lipinski definition) is 3. The maximum absolute atomic E-state index is 11.3. The van der Waals surface area contributed by atoms with E-state index in [1.807, 2.05) is 31.2 Å². The van der Waals surface area contributed by atoms with Crippen LogP contribution >= 0.6 is 0 Å². The van der Waals surface area contributed by atoms with Gasteiger partial charge in [-0.25, -0.2) is 4.98 Å². The van der Waals surface area contributed by atoms with Crippen molar-refractivity contribution in [1.29, 1.82) is 5.26 Å². The predicted molar refractivity (Wildman–Crippen MR) is 103 cm³/mol. The molecule has 1 fully saturated rings. The van der Waals surface area contributed by atoms with E-state index in [0.29, 0.717) is 28.9 Å². The van der Waals surface area contributed by atoms with E-state index in [1.165, 1.54) is 13.1 Å². The van der Waals surface area contributed by atoms with E-state index in [2.05, 4.69) is 32.1 Å². The number of nitrogens with zero attached hydrogens (tertiary/aromatic N) is 4. The van der Waals surface area contributed by atoms with Gasteiger partial charge in [0.15, 0.2) is 17.2 Å². The first-order valence-electron chi connectivity index (χ1n) is 8.74. The largest absolute Gasteiger partial charge is 0.379 e. The molecule has 8 heteroatoms. The minimum atomic E-state index is -0.127. The predicted octanol–water partition coefficient (Wildman–Crippen LogP) is 3.19. The fourth-order valence-electron chi connectivity index (χ4n) is 2.84. The number of nitriles is 1. The lowest BCUT2D eigenvalue weighted by Gasteiger charge is -2.13. The molecule has 1 amide bonds. The van der Waals surface area contributed by atoms with Crippen LogP contribution in [0.3, 0.4) is 0 Å². The average molecular weight is 361 g/mol. The van der Waals surface area contributed by atoms with Gasteiger partial charge in [-0.2, -0.15) is 9.78 Å². The molecule has 1 aliphatic carbocycles. The molecule has 3 N–H and O–H groups in total. The molecule has 0 spiro atoms. The lowest BCUT2D eigenvalue weighted by molar-refractivity contribution is -0.114. The van der Waals surface area contributed by atoms with Crippen LogP contribution < -0.4 is 16.0 Å². The number of nitrogens with one attached hydrogen (secondary N) is 3. The second kappa shape index (κ2) is 6.61. The molecule has 0 radical (unpaired) electrons. The van der Waals surface area contributed by atoms with Crippen molar-refractivity contribution < 1.29 is 4.79 Å². The van der Waals surface area contributed by atoms with Gasteiger partial charge in [0.1, 0.15) is 6.07 Å². The van der Waals surface area contributed by atoms with Gasteiger partial charge in [0, 0.05) is 30.4 Å². The van der Waals surface area contributed by atoms with Crippen LogP contribution in [0.4, 0.5) is 22.9 Å². The van der Waals surface area contributed by atoms with E-state index in [9.17, 15) is 10.1 Å². The summed E-state index contributed by atoms with van der Waals surface area (Å²) in [6, 6.07) is 10.1. The molecular weight excluding hydrogens is 342 g/mol. The number of carbonyl (C=O) groups is 1. The highest BCUT2D eigenvalue weighted by molar-refractivity contribution is 5.89. The number of fused-ring (bicyclic) bond motifs is 1. The van der Waals surface area contributed by atoms with Gasteiger partial charge in [-0.3, -0.25) is 4.79 Å². The van der Waals surface area contributed by atoms with E-state index >= 15 is 0 Å². The van der Waals surface area contributed by atoms with Crippen LogP contribution in [0.1, 0.15) is 31.0 Å². The first kappa shape index (κ1) is 16.8. The van der Waals surface area contributed by atoms with Crippen molar-refractivity contribution in [3.63, 3.8) is 0 Å². The maximum atomic E-state index is 11.3. The van der Waals surface area contributed by atoms with Gasteiger partial charge in [-0.05, 0) is 37.5 Å². The highest BCUT2D eigenvalue weighted by atomic mass is 16.1. The highest BCUT2D eigenvalue weighted by Gasteiger charge is 2.23. The van der Waals surface area contributed by atoms with Gasteiger partial charge in [0.25, 0.3) is 0 Å². The summed E-state index contributed by atoms with van der Waals surface area (Å²) in [4.78, 5) is 15.6. The number of rotatable bonds is 5. The van der Waals surface area contributed by atoms with Crippen molar-refractivity contribution in [1.82, 2.24) is 14.6 Å². The summed E-state index contributed by atoms with van der Waals surface area (Å²) in [5.74, 6) is 0.459. The molecule has 1 saturated carbocycles. The van der Waals surface area contributed by atoms with Crippen LogP contribution in [-0.2, 0) is 4.79 Å². The Bertz CT molecular complexity index is 1080. The lowest BCUT2D eigenvalue weighted by Crippen LogP contribution is -2.09. The molecule has 27 heavy (non-hydrogen) atoms. The number of imidazole rings is 1. The molecule has 2 aromatic heterocycles. The van der Waals surface area contributed by atoms with Gasteiger partial charge in [-0.1, -0.05) is 6.07 Å². The third kappa shape index (κ3) is 3.53. The summed E-state index contributed by atoms with van der Waals surface area (Å²) in [6.45, 7) is 3.44. The van der Waals surface area contributed by atoms with E-state index in [1.54, 1.807) is 4.52 Å². The molecule has 1 aliphatic rings. The zero-order valence-corrected chi connectivity index (χ0v) is 15.1. The van der Waals surface area contributed by atoms with Crippen LogP contribution in [-0.4, -0.2) is 26.5 Å². The van der Waals surface area contributed by atoms with Gasteiger partial charge >= 0.3 is 0 Å². The third-order valence-electron chi connectivity index (χ3n) is 4.34. The fourth-order valence-corrected chi connectivity index (χ4v) is 2.84. The Labute approximate surface area is 156 Å². The zero-order valence-electron chi connectivity index (χ0n) is 15.1. The lowest BCUT2D eigenvalue weighted by atomic mass is 10.1. The molecule has 0 unspecified atom stereocenters. The summed E-state index contributed by atoms with van der Waals surface area (Å²) in [5, 5.41) is 23.4. The Morgan fingerprint density at radius 1 is 1.30 bits per heavy atom. The van der Waals surface area contributed by atoms with E-state index < -0.39 is 0 Å². The standard InChI is InChI=1S/C19H19N7O/c1-11-3-4-14(22-12(2)27)7-16(11)24-18-8-17(23-13-5-6-13)19-21-10-15(9-20)26(19)25-18/h3-4,7-8,10,13,23H,5-6H2,1-2H3,(H,22,27)(H,24,25). The molecule has 136 valence electrons. The minimum absolute atomic E-state index is 0.127. The Kier molecular flexibility index (Phi) is 4.12. The quantitative estimate of drug-likeness (QED) is 0.644. The van der Waals surface area contributed by atoms with Crippen LogP contribution in [0, 0.1) is 18.3 Å². The zero-order chi connectivity index (χ0) is 19.0. The van der Waals surface area contributed by atoms with Gasteiger partial charge in [0.2, 0.25) is 5.91 Å². The van der Waals surface area contributed by atoms with E-state index in [0.717, 1.165) is 29.8 Å². The number of aromatic nitrogens is 3. The number of anilines is 4. The van der Waals surface area contributed by atoms with Gasteiger partial charge in [-0.15, -0.1) is 5.10 Å². The molecule has 0 bridgehead atoms. The molecule has 4 rings (SSSR count). The molecule has 2 heterocycles. The SMILES string of the molecule is CC(=O)Nc1ccc(C)c(Nc2cc(NC3CC3)c3ncc(C#N)n3n2)c1. The molecule has 8 nitrogen and oxygen atoms in total. The second-order valence-corrected chi connectivity index (χ2v) is 6.69. The van der Waals surface area contributed by atoms with Crippen molar-refractivity contribution in [2.75, 3.05) is 16.0 Å². The Morgan fingerprint density at radius 2 is 2.11 bits per heavy atom. The number of aryl methyl sites for hydroxylation is 1. The van der Waals surface area contributed by atoms with Crippen molar-refractivity contribution in [3.05, 3.63) is 41.7 Å². The van der Waals surface area contributed by atoms with E-state index in [-0.39, 0.29) is 5.91 Å². The number of benzene rings is 1. The van der Waals surface area contributed by atoms with Crippen molar-refractivity contribution in [2.45, 2.75) is 32.7 Å². The summed E-state index contributed by atoms with van der Waals surface area (Å²) in [7, 11) is 0. The molecule has 0 aliphatic heterocycles. The summed E-state index contributed by atoms with van der Waals surface area (Å²) < 4.78 is 1.54. The summed E-state index contributed by atoms with van der Waals surface area (Å²) in [5.41, 5.74) is 4.38. The van der Waals surface area contributed by atoms with Crippen LogP contribution in [0.25, 0.3) is 5.65 Å². The van der Waals surface area contributed by atoms with Crippen molar-refractivity contribution in [2.24, 2.45) is 0 Å². The Balaban J connectivity index is 1.73. The van der Waals surface area contributed by atoms with Crippen LogP contribution in [0.5, 0.6) is 0 Å². The highest BCUT2D eigenvalue weighted by Crippen LogP contribution is 2.30. The van der Waals surface area contributed by atoms with Crippen LogP contribution in [0.15, 0.2) is 30.5 Å². The first-order valence-corrected chi connectivity index (χ1v) is 8.74. The Morgan fingerprint density at radius 3 is 2.81 bits per heavy atom. The van der Waals surface area contributed by atoms with Crippen molar-refractivity contribution >= 4 is 34.4 Å². The summed E-state index contributed by atoms with van der Waals surface area (Å²) >= 11 is 0.